The molecule has 0 bridgehead atoms. The Labute approximate surface area is 104 Å². The molecule has 0 saturated heterocycles. The van der Waals surface area contributed by atoms with Crippen molar-refractivity contribution in [2.45, 2.75) is 20.8 Å². The average molecular weight is 253 g/mol. The largest absolute Gasteiger partial charge is 0.435 e. The Morgan fingerprint density at radius 1 is 1.24 bits per heavy atom. The van der Waals surface area contributed by atoms with Gasteiger partial charge in [-0.25, -0.2) is 9.97 Å². The summed E-state index contributed by atoms with van der Waals surface area (Å²) in [6.45, 7) is 5.65. The smallest absolute Gasteiger partial charge is 0.226 e. The number of aryl methyl sites for hydroxylation is 2. The van der Waals surface area contributed by atoms with Crippen LogP contribution in [0.15, 0.2) is 6.33 Å². The first-order chi connectivity index (χ1) is 8.00. The van der Waals surface area contributed by atoms with Gasteiger partial charge in [-0.05, 0) is 20.8 Å². The molecule has 0 aromatic carbocycles. The van der Waals surface area contributed by atoms with Gasteiger partial charge in [0, 0.05) is 12.6 Å². The lowest BCUT2D eigenvalue weighted by atomic mass is 10.3. The molecule has 17 heavy (non-hydrogen) atoms. The molecule has 0 N–H and O–H groups in total. The van der Waals surface area contributed by atoms with Gasteiger partial charge in [0.25, 0.3) is 0 Å². The quantitative estimate of drug-likeness (QED) is 0.771. The minimum atomic E-state index is 0.397. The van der Waals surface area contributed by atoms with E-state index in [-0.39, 0.29) is 0 Å². The van der Waals surface area contributed by atoms with Crippen LogP contribution < -0.4 is 4.74 Å². The van der Waals surface area contributed by atoms with E-state index in [1.54, 1.807) is 4.68 Å². The zero-order valence-electron chi connectivity index (χ0n) is 10.2. The highest BCUT2D eigenvalue weighted by Gasteiger charge is 2.14. The summed E-state index contributed by atoms with van der Waals surface area (Å²) in [5.41, 5.74) is 2.48. The maximum absolute atomic E-state index is 5.91. The first-order valence-corrected chi connectivity index (χ1v) is 5.53. The number of ether oxygens (including phenoxy) is 1. The van der Waals surface area contributed by atoms with Crippen LogP contribution in [0.5, 0.6) is 11.6 Å². The number of hydrogen-bond donors (Lipinski definition) is 0. The van der Waals surface area contributed by atoms with E-state index in [1.807, 2.05) is 27.8 Å². The number of halogens is 1. The lowest BCUT2D eigenvalue weighted by molar-refractivity contribution is 0.450. The first kappa shape index (κ1) is 11.9. The van der Waals surface area contributed by atoms with Gasteiger partial charge in [0.05, 0.1) is 5.69 Å². The fourth-order valence-electron chi connectivity index (χ4n) is 1.52. The Hall–Kier alpha value is -1.62. The fourth-order valence-corrected chi connectivity index (χ4v) is 1.64. The second-order valence-corrected chi connectivity index (χ2v) is 4.18. The molecule has 6 heteroatoms. The molecule has 2 aromatic rings. The second-order valence-electron chi connectivity index (χ2n) is 3.82. The van der Waals surface area contributed by atoms with Crippen LogP contribution in [-0.2, 0) is 7.05 Å². The summed E-state index contributed by atoms with van der Waals surface area (Å²) in [5.74, 6) is 1.18. The molecule has 90 valence electrons. The first-order valence-electron chi connectivity index (χ1n) is 5.16. The summed E-state index contributed by atoms with van der Waals surface area (Å²) >= 11 is 5.91. The minimum absolute atomic E-state index is 0.397. The molecular weight excluding hydrogens is 240 g/mol. The minimum Gasteiger partial charge on any atom is -0.435 e. The second kappa shape index (κ2) is 4.33. The highest BCUT2D eigenvalue weighted by Crippen LogP contribution is 2.30. The summed E-state index contributed by atoms with van der Waals surface area (Å²) in [7, 11) is 1.87. The van der Waals surface area contributed by atoms with Crippen molar-refractivity contribution >= 4 is 11.6 Å². The van der Waals surface area contributed by atoms with E-state index in [9.17, 15) is 0 Å². The van der Waals surface area contributed by atoms with Crippen LogP contribution >= 0.6 is 11.6 Å². The van der Waals surface area contributed by atoms with E-state index in [0.29, 0.717) is 16.8 Å². The Kier molecular flexibility index (Phi) is 3.02. The van der Waals surface area contributed by atoms with Crippen molar-refractivity contribution in [2.24, 2.45) is 7.05 Å². The molecule has 5 nitrogen and oxygen atoms in total. The molecule has 0 atom stereocenters. The van der Waals surface area contributed by atoms with E-state index in [4.69, 9.17) is 16.3 Å². The van der Waals surface area contributed by atoms with Gasteiger partial charge in [0.15, 0.2) is 5.75 Å². The standard InChI is InChI=1S/C11H13ClN4O/c1-6-10(12)13-5-14-11(6)17-9-7(2)15-16(4)8(9)3/h5H,1-4H3. The maximum Gasteiger partial charge on any atom is 0.226 e. The van der Waals surface area contributed by atoms with E-state index >= 15 is 0 Å². The molecule has 0 fully saturated rings. The van der Waals surface area contributed by atoms with Crippen LogP contribution in [0, 0.1) is 20.8 Å². The molecule has 2 aromatic heterocycles. The monoisotopic (exact) mass is 252 g/mol. The van der Waals surface area contributed by atoms with Gasteiger partial charge in [-0.15, -0.1) is 0 Å². The molecule has 0 aliphatic rings. The molecule has 0 radical (unpaired) electrons. The normalized spacial score (nSPS) is 10.6. The summed E-state index contributed by atoms with van der Waals surface area (Å²) in [5, 5.41) is 4.67. The molecule has 0 aliphatic heterocycles. The van der Waals surface area contributed by atoms with Crippen molar-refractivity contribution in [3.8, 4) is 11.6 Å². The van der Waals surface area contributed by atoms with Gasteiger partial charge in [-0.1, -0.05) is 11.6 Å². The Bertz CT molecular complexity index is 565. The van der Waals surface area contributed by atoms with Crippen LogP contribution in [-0.4, -0.2) is 19.7 Å². The van der Waals surface area contributed by atoms with Gasteiger partial charge in [0.2, 0.25) is 5.88 Å². The number of hydrogen-bond acceptors (Lipinski definition) is 4. The van der Waals surface area contributed by atoms with Gasteiger partial charge in [0.1, 0.15) is 17.2 Å². The lowest BCUT2D eigenvalue weighted by Gasteiger charge is -2.07. The summed E-state index contributed by atoms with van der Waals surface area (Å²) in [6, 6.07) is 0. The van der Waals surface area contributed by atoms with E-state index in [0.717, 1.165) is 17.0 Å². The van der Waals surface area contributed by atoms with Crippen LogP contribution in [0.3, 0.4) is 0 Å². The van der Waals surface area contributed by atoms with E-state index < -0.39 is 0 Å². The molecule has 0 saturated carbocycles. The number of rotatable bonds is 2. The molecule has 2 heterocycles. The third-order valence-electron chi connectivity index (χ3n) is 2.62. The van der Waals surface area contributed by atoms with Crippen LogP contribution in [0.25, 0.3) is 0 Å². The van der Waals surface area contributed by atoms with Crippen molar-refractivity contribution in [3.05, 3.63) is 28.4 Å². The predicted molar refractivity (Wildman–Crippen MR) is 64.5 cm³/mol. The third kappa shape index (κ3) is 2.10. The summed E-state index contributed by atoms with van der Waals surface area (Å²) in [4.78, 5) is 7.96. The van der Waals surface area contributed by atoms with Gasteiger partial charge >= 0.3 is 0 Å². The highest BCUT2D eigenvalue weighted by molar-refractivity contribution is 6.30. The zero-order chi connectivity index (χ0) is 12.6. The molecule has 2 rings (SSSR count). The van der Waals surface area contributed by atoms with Crippen molar-refractivity contribution in [2.75, 3.05) is 0 Å². The van der Waals surface area contributed by atoms with E-state index in [2.05, 4.69) is 15.1 Å². The molecule has 0 amide bonds. The topological polar surface area (TPSA) is 52.8 Å². The average Bonchev–Trinajstić information content (AvgIpc) is 2.51. The molecule has 0 aliphatic carbocycles. The highest BCUT2D eigenvalue weighted by atomic mass is 35.5. The van der Waals surface area contributed by atoms with Gasteiger partial charge in [-0.2, -0.15) is 5.10 Å². The Morgan fingerprint density at radius 3 is 2.53 bits per heavy atom. The predicted octanol–water partition coefficient (Wildman–Crippen LogP) is 2.58. The van der Waals surface area contributed by atoms with Crippen LogP contribution in [0.1, 0.15) is 17.0 Å². The van der Waals surface area contributed by atoms with Crippen molar-refractivity contribution < 1.29 is 4.74 Å². The van der Waals surface area contributed by atoms with E-state index in [1.165, 1.54) is 6.33 Å². The van der Waals surface area contributed by atoms with Crippen molar-refractivity contribution in [1.29, 1.82) is 0 Å². The Morgan fingerprint density at radius 2 is 1.94 bits per heavy atom. The van der Waals surface area contributed by atoms with Crippen molar-refractivity contribution in [3.63, 3.8) is 0 Å². The van der Waals surface area contributed by atoms with Crippen molar-refractivity contribution in [1.82, 2.24) is 19.7 Å². The zero-order valence-corrected chi connectivity index (χ0v) is 10.9. The van der Waals surface area contributed by atoms with Crippen LogP contribution in [0.2, 0.25) is 5.15 Å². The van der Waals surface area contributed by atoms with Gasteiger partial charge in [-0.3, -0.25) is 4.68 Å². The number of aromatic nitrogens is 4. The fraction of sp³-hybridized carbons (Fsp3) is 0.364. The summed E-state index contributed by atoms with van der Waals surface area (Å²) < 4.78 is 7.52. The lowest BCUT2D eigenvalue weighted by Crippen LogP contribution is -1.96. The molecule has 0 unspecified atom stereocenters. The maximum atomic E-state index is 5.91. The Balaban J connectivity index is 2.41. The van der Waals surface area contributed by atoms with Gasteiger partial charge < -0.3 is 4.74 Å². The molecular formula is C11H13ClN4O. The van der Waals surface area contributed by atoms with Crippen LogP contribution in [0.4, 0.5) is 0 Å². The third-order valence-corrected chi connectivity index (χ3v) is 3.00. The number of nitrogens with zero attached hydrogens (tertiary/aromatic N) is 4. The molecule has 0 spiro atoms. The SMILES string of the molecule is Cc1nn(C)c(C)c1Oc1ncnc(Cl)c1C. The summed E-state index contributed by atoms with van der Waals surface area (Å²) in [6.07, 6.45) is 1.38.